The molecule has 0 spiro atoms. The second kappa shape index (κ2) is 6.14. The van der Waals surface area contributed by atoms with Crippen molar-refractivity contribution in [3.05, 3.63) is 77.4 Å². The first-order valence-electron chi connectivity index (χ1n) is 8.06. The highest BCUT2D eigenvalue weighted by Crippen LogP contribution is 2.45. The van der Waals surface area contributed by atoms with Gasteiger partial charge in [0.1, 0.15) is 0 Å². The van der Waals surface area contributed by atoms with Crippen LogP contribution in [0.1, 0.15) is 31.0 Å². The van der Waals surface area contributed by atoms with Gasteiger partial charge in [0.2, 0.25) is 10.0 Å². The van der Waals surface area contributed by atoms with E-state index in [9.17, 15) is 13.7 Å². The smallest absolute Gasteiger partial charge is 0.207 e. The van der Waals surface area contributed by atoms with Gasteiger partial charge < -0.3 is 0 Å². The Morgan fingerprint density at radius 1 is 1.04 bits per heavy atom. The number of nitriles is 1. The SMILES string of the molecule is Cc1ccc(S(=O)(=O)N2[C@@H](c3ccccc3)C(C#N)=CC2(C)C)cc1. The largest absolute Gasteiger partial charge is 0.244 e. The average Bonchev–Trinajstić information content (AvgIpc) is 2.87. The van der Waals surface area contributed by atoms with Crippen molar-refractivity contribution < 1.29 is 8.42 Å². The first-order valence-corrected chi connectivity index (χ1v) is 9.50. The molecule has 0 saturated carbocycles. The molecule has 0 radical (unpaired) electrons. The number of sulfonamides is 1. The molecule has 0 unspecified atom stereocenters. The molecule has 25 heavy (non-hydrogen) atoms. The lowest BCUT2D eigenvalue weighted by atomic mass is 10.0. The number of benzene rings is 2. The highest BCUT2D eigenvalue weighted by molar-refractivity contribution is 7.89. The van der Waals surface area contributed by atoms with E-state index in [2.05, 4.69) is 6.07 Å². The van der Waals surface area contributed by atoms with Gasteiger partial charge in [-0.3, -0.25) is 0 Å². The normalized spacial score (nSPS) is 20.1. The molecule has 0 aromatic heterocycles. The molecule has 1 aliphatic heterocycles. The van der Waals surface area contributed by atoms with Gasteiger partial charge in [0.15, 0.2) is 0 Å². The second-order valence-corrected chi connectivity index (χ2v) is 8.61. The van der Waals surface area contributed by atoms with Gasteiger partial charge in [-0.15, -0.1) is 0 Å². The molecular formula is C20H20N2O2S. The van der Waals surface area contributed by atoms with Crippen LogP contribution in [0.4, 0.5) is 0 Å². The van der Waals surface area contributed by atoms with Crippen molar-refractivity contribution in [3.63, 3.8) is 0 Å². The first kappa shape index (κ1) is 17.4. The quantitative estimate of drug-likeness (QED) is 0.840. The fourth-order valence-corrected chi connectivity index (χ4v) is 5.19. The van der Waals surface area contributed by atoms with Gasteiger partial charge >= 0.3 is 0 Å². The molecule has 3 rings (SSSR count). The monoisotopic (exact) mass is 352 g/mol. The maximum atomic E-state index is 13.4. The number of hydrogen-bond acceptors (Lipinski definition) is 3. The minimum Gasteiger partial charge on any atom is -0.207 e. The van der Waals surface area contributed by atoms with Crippen molar-refractivity contribution >= 4 is 10.0 Å². The maximum absolute atomic E-state index is 13.4. The topological polar surface area (TPSA) is 61.2 Å². The molecule has 0 amide bonds. The van der Waals surface area contributed by atoms with Crippen LogP contribution in [0.5, 0.6) is 0 Å². The molecule has 0 N–H and O–H groups in total. The van der Waals surface area contributed by atoms with Crippen LogP contribution in [0.15, 0.2) is 71.1 Å². The Bertz CT molecular complexity index is 953. The van der Waals surface area contributed by atoms with Crippen molar-refractivity contribution in [3.8, 4) is 6.07 Å². The second-order valence-electron chi connectivity index (χ2n) is 6.79. The Morgan fingerprint density at radius 2 is 1.64 bits per heavy atom. The summed E-state index contributed by atoms with van der Waals surface area (Å²) in [5, 5.41) is 9.58. The lowest BCUT2D eigenvalue weighted by Gasteiger charge is -2.35. The van der Waals surface area contributed by atoms with Crippen molar-refractivity contribution in [2.45, 2.75) is 37.2 Å². The number of nitrogens with zero attached hydrogens (tertiary/aromatic N) is 2. The van der Waals surface area contributed by atoms with Crippen LogP contribution >= 0.6 is 0 Å². The summed E-state index contributed by atoms with van der Waals surface area (Å²) in [7, 11) is -3.77. The van der Waals surface area contributed by atoms with E-state index in [0.717, 1.165) is 11.1 Å². The summed E-state index contributed by atoms with van der Waals surface area (Å²) >= 11 is 0. The Kier molecular flexibility index (Phi) is 4.28. The number of rotatable bonds is 3. The predicted octanol–water partition coefficient (Wildman–Crippen LogP) is 3.97. The maximum Gasteiger partial charge on any atom is 0.244 e. The summed E-state index contributed by atoms with van der Waals surface area (Å²) < 4.78 is 28.2. The third-order valence-corrected chi connectivity index (χ3v) is 6.50. The standard InChI is InChI=1S/C20H20N2O2S/c1-15-9-11-18(12-10-15)25(23,24)22-19(16-7-5-4-6-8-16)17(14-21)13-20(22,2)3/h4-13,19H,1-3H3/t19-/m0/s1. The van der Waals surface area contributed by atoms with Crippen molar-refractivity contribution in [2.24, 2.45) is 0 Å². The van der Waals surface area contributed by atoms with E-state index in [1.54, 1.807) is 30.3 Å². The summed E-state index contributed by atoms with van der Waals surface area (Å²) in [6.07, 6.45) is 1.75. The Hall–Kier alpha value is -2.42. The van der Waals surface area contributed by atoms with Crippen LogP contribution in [-0.4, -0.2) is 18.3 Å². The first-order chi connectivity index (χ1) is 11.8. The van der Waals surface area contributed by atoms with Crippen molar-refractivity contribution in [1.82, 2.24) is 4.31 Å². The molecule has 0 fully saturated rings. The zero-order chi connectivity index (χ0) is 18.2. The molecule has 1 aliphatic rings. The molecule has 4 nitrogen and oxygen atoms in total. The van der Waals surface area contributed by atoms with Gasteiger partial charge in [0.05, 0.1) is 28.1 Å². The van der Waals surface area contributed by atoms with Gasteiger partial charge in [0, 0.05) is 0 Å². The minimum absolute atomic E-state index is 0.236. The van der Waals surface area contributed by atoms with Crippen LogP contribution in [-0.2, 0) is 10.0 Å². The molecule has 0 bridgehead atoms. The Balaban J connectivity index is 2.18. The molecule has 0 aliphatic carbocycles. The third kappa shape index (κ3) is 2.99. The van der Waals surface area contributed by atoms with Gasteiger partial charge in [-0.2, -0.15) is 9.57 Å². The zero-order valence-corrected chi connectivity index (χ0v) is 15.3. The summed E-state index contributed by atoms with van der Waals surface area (Å²) in [6.45, 7) is 5.55. The van der Waals surface area contributed by atoms with E-state index in [0.29, 0.717) is 5.57 Å². The molecule has 1 atom stereocenters. The van der Waals surface area contributed by atoms with Crippen LogP contribution in [0.2, 0.25) is 0 Å². The van der Waals surface area contributed by atoms with Crippen LogP contribution in [0.3, 0.4) is 0 Å². The van der Waals surface area contributed by atoms with E-state index in [1.807, 2.05) is 51.1 Å². The summed E-state index contributed by atoms with van der Waals surface area (Å²) in [6, 6.07) is 17.7. The average molecular weight is 352 g/mol. The van der Waals surface area contributed by atoms with E-state index < -0.39 is 21.6 Å². The molecule has 0 saturated heterocycles. The molecular weight excluding hydrogens is 332 g/mol. The van der Waals surface area contributed by atoms with Crippen LogP contribution < -0.4 is 0 Å². The van der Waals surface area contributed by atoms with E-state index in [1.165, 1.54) is 4.31 Å². The molecule has 2 aromatic rings. The number of hydrogen-bond donors (Lipinski definition) is 0. The minimum atomic E-state index is -3.77. The number of aryl methyl sites for hydroxylation is 1. The van der Waals surface area contributed by atoms with Gasteiger partial charge in [-0.25, -0.2) is 8.42 Å². The van der Waals surface area contributed by atoms with Crippen molar-refractivity contribution in [1.29, 1.82) is 5.26 Å². The molecule has 5 heteroatoms. The lowest BCUT2D eigenvalue weighted by molar-refractivity contribution is 0.269. The molecule has 1 heterocycles. The highest BCUT2D eigenvalue weighted by atomic mass is 32.2. The molecule has 128 valence electrons. The van der Waals surface area contributed by atoms with E-state index in [-0.39, 0.29) is 4.90 Å². The fourth-order valence-electron chi connectivity index (χ4n) is 3.30. The van der Waals surface area contributed by atoms with Crippen molar-refractivity contribution in [2.75, 3.05) is 0 Å². The van der Waals surface area contributed by atoms with Gasteiger partial charge in [-0.05, 0) is 44.5 Å². The summed E-state index contributed by atoms with van der Waals surface area (Å²) in [5.74, 6) is 0. The predicted molar refractivity (Wildman–Crippen MR) is 97.2 cm³/mol. The van der Waals surface area contributed by atoms with E-state index >= 15 is 0 Å². The lowest BCUT2D eigenvalue weighted by Crippen LogP contribution is -2.44. The van der Waals surface area contributed by atoms with Gasteiger partial charge in [-0.1, -0.05) is 48.0 Å². The molecule has 2 aromatic carbocycles. The Morgan fingerprint density at radius 3 is 2.20 bits per heavy atom. The van der Waals surface area contributed by atoms with Crippen LogP contribution in [0.25, 0.3) is 0 Å². The summed E-state index contributed by atoms with van der Waals surface area (Å²) in [5.41, 5.74) is 1.44. The fraction of sp³-hybridized carbons (Fsp3) is 0.250. The third-order valence-electron chi connectivity index (χ3n) is 4.43. The summed E-state index contributed by atoms with van der Waals surface area (Å²) in [4.78, 5) is 0.236. The van der Waals surface area contributed by atoms with Crippen LogP contribution in [0, 0.1) is 18.3 Å². The highest BCUT2D eigenvalue weighted by Gasteiger charge is 2.48. The van der Waals surface area contributed by atoms with Gasteiger partial charge in [0.25, 0.3) is 0 Å². The van der Waals surface area contributed by atoms with E-state index in [4.69, 9.17) is 0 Å². The zero-order valence-electron chi connectivity index (χ0n) is 14.5. The Labute approximate surface area is 149 Å².